The van der Waals surface area contributed by atoms with Crippen LogP contribution in [-0.2, 0) is 0 Å². The van der Waals surface area contributed by atoms with Gasteiger partial charge in [-0.05, 0) is 37.6 Å². The van der Waals surface area contributed by atoms with Gasteiger partial charge in [-0.2, -0.15) is 0 Å². The Morgan fingerprint density at radius 1 is 1.24 bits per heavy atom. The molecule has 0 bridgehead atoms. The fraction of sp³-hybridized carbons (Fsp3) is 0.267. The summed E-state index contributed by atoms with van der Waals surface area (Å²) in [6, 6.07) is 10.8. The van der Waals surface area contributed by atoms with Crippen molar-refractivity contribution in [2.24, 2.45) is 0 Å². The molecule has 1 heterocycles. The van der Waals surface area contributed by atoms with Gasteiger partial charge in [0.2, 0.25) is 0 Å². The van der Waals surface area contributed by atoms with Crippen LogP contribution in [-0.4, -0.2) is 17.0 Å². The zero-order chi connectivity index (χ0) is 15.4. The van der Waals surface area contributed by atoms with Gasteiger partial charge in [-0.15, -0.1) is 0 Å². The summed E-state index contributed by atoms with van der Waals surface area (Å²) in [5.74, 6) is 1.41. The van der Waals surface area contributed by atoms with Gasteiger partial charge in [0.05, 0.1) is 12.0 Å². The molecule has 0 spiro atoms. The van der Waals surface area contributed by atoms with Crippen LogP contribution in [0.5, 0.6) is 5.75 Å². The third kappa shape index (κ3) is 3.47. The molecule has 1 unspecified atom stereocenters. The highest BCUT2D eigenvalue weighted by Crippen LogP contribution is 2.23. The quantitative estimate of drug-likeness (QED) is 0.673. The highest BCUT2D eigenvalue weighted by molar-refractivity contribution is 5.46. The van der Waals surface area contributed by atoms with Crippen molar-refractivity contribution in [3.05, 3.63) is 57.8 Å². The summed E-state index contributed by atoms with van der Waals surface area (Å²) in [6.07, 6.45) is 0. The molecule has 6 nitrogen and oxygen atoms in total. The maximum atomic E-state index is 10.8. The molecule has 110 valence electrons. The Kier molecular flexibility index (Phi) is 4.37. The Hall–Kier alpha value is -2.63. The minimum atomic E-state index is -0.432. The number of methoxy groups -OCH3 is 1. The number of hydrogen-bond acceptors (Lipinski definition) is 5. The van der Waals surface area contributed by atoms with Crippen molar-refractivity contribution in [2.45, 2.75) is 19.9 Å². The van der Waals surface area contributed by atoms with E-state index in [9.17, 15) is 10.1 Å². The van der Waals surface area contributed by atoms with Crippen LogP contribution in [0.4, 0.5) is 11.5 Å². The fourth-order valence-electron chi connectivity index (χ4n) is 2.02. The number of ether oxygens (including phenoxy) is 1. The van der Waals surface area contributed by atoms with E-state index in [0.717, 1.165) is 11.3 Å². The Labute approximate surface area is 122 Å². The van der Waals surface area contributed by atoms with Crippen molar-refractivity contribution in [3.63, 3.8) is 0 Å². The van der Waals surface area contributed by atoms with E-state index in [0.29, 0.717) is 11.5 Å². The lowest BCUT2D eigenvalue weighted by atomic mass is 10.1. The number of rotatable bonds is 5. The molecular weight excluding hydrogens is 270 g/mol. The van der Waals surface area contributed by atoms with E-state index in [-0.39, 0.29) is 11.7 Å². The summed E-state index contributed by atoms with van der Waals surface area (Å²) in [7, 11) is 1.63. The van der Waals surface area contributed by atoms with Crippen LogP contribution < -0.4 is 10.1 Å². The van der Waals surface area contributed by atoms with E-state index in [1.807, 2.05) is 31.2 Å². The van der Waals surface area contributed by atoms with Crippen LogP contribution in [0.25, 0.3) is 0 Å². The van der Waals surface area contributed by atoms with Gasteiger partial charge in [-0.3, -0.25) is 10.1 Å². The Morgan fingerprint density at radius 3 is 2.43 bits per heavy atom. The van der Waals surface area contributed by atoms with E-state index < -0.39 is 4.92 Å². The second-order valence-electron chi connectivity index (χ2n) is 4.70. The van der Waals surface area contributed by atoms with Crippen molar-refractivity contribution < 1.29 is 9.66 Å². The van der Waals surface area contributed by atoms with Crippen LogP contribution in [0.1, 0.15) is 24.2 Å². The first kappa shape index (κ1) is 14.8. The highest BCUT2D eigenvalue weighted by Gasteiger charge is 2.13. The number of aryl methyl sites for hydroxylation is 1. The minimum Gasteiger partial charge on any atom is -0.497 e. The first-order valence-corrected chi connectivity index (χ1v) is 6.54. The smallest absolute Gasteiger partial charge is 0.290 e. The van der Waals surface area contributed by atoms with E-state index >= 15 is 0 Å². The Bertz CT molecular complexity index is 641. The molecule has 0 fully saturated rings. The normalized spacial score (nSPS) is 11.8. The molecule has 0 aliphatic rings. The summed E-state index contributed by atoms with van der Waals surface area (Å²) < 4.78 is 5.12. The number of benzene rings is 1. The molecule has 2 rings (SSSR count). The first-order chi connectivity index (χ1) is 10.0. The summed E-state index contributed by atoms with van der Waals surface area (Å²) in [6.45, 7) is 3.63. The van der Waals surface area contributed by atoms with Gasteiger partial charge in [-0.25, -0.2) is 4.98 Å². The SMILES string of the molecule is COc1ccc(C(C)Nc2ccc([N+](=O)[O-])c(C)n2)cc1. The van der Waals surface area contributed by atoms with Crippen molar-refractivity contribution >= 4 is 11.5 Å². The van der Waals surface area contributed by atoms with Gasteiger partial charge in [-0.1, -0.05) is 12.1 Å². The third-order valence-corrected chi connectivity index (χ3v) is 3.23. The molecule has 1 aromatic carbocycles. The Balaban J connectivity index is 2.13. The van der Waals surface area contributed by atoms with Gasteiger partial charge in [0.25, 0.3) is 5.69 Å². The number of nitrogens with zero attached hydrogens (tertiary/aromatic N) is 2. The number of nitro groups is 1. The molecule has 0 radical (unpaired) electrons. The van der Waals surface area contributed by atoms with Gasteiger partial charge in [0, 0.05) is 12.1 Å². The van der Waals surface area contributed by atoms with Crippen molar-refractivity contribution in [1.82, 2.24) is 4.98 Å². The molecule has 0 amide bonds. The molecule has 0 aliphatic heterocycles. The number of pyridine rings is 1. The zero-order valence-electron chi connectivity index (χ0n) is 12.2. The molecule has 0 saturated heterocycles. The second kappa shape index (κ2) is 6.21. The lowest BCUT2D eigenvalue weighted by molar-refractivity contribution is -0.385. The number of nitrogens with one attached hydrogen (secondary N) is 1. The summed E-state index contributed by atoms with van der Waals surface area (Å²) in [4.78, 5) is 14.6. The molecule has 1 aromatic heterocycles. The van der Waals surface area contributed by atoms with Gasteiger partial charge in [0.1, 0.15) is 17.3 Å². The molecule has 6 heteroatoms. The van der Waals surface area contributed by atoms with Crippen LogP contribution in [0, 0.1) is 17.0 Å². The topological polar surface area (TPSA) is 77.3 Å². The number of anilines is 1. The second-order valence-corrected chi connectivity index (χ2v) is 4.70. The van der Waals surface area contributed by atoms with E-state index in [1.54, 1.807) is 20.1 Å². The molecule has 0 saturated carbocycles. The van der Waals surface area contributed by atoms with Crippen molar-refractivity contribution in [1.29, 1.82) is 0 Å². The predicted octanol–water partition coefficient (Wildman–Crippen LogP) is 3.48. The highest BCUT2D eigenvalue weighted by atomic mass is 16.6. The lowest BCUT2D eigenvalue weighted by Crippen LogP contribution is -2.08. The van der Waals surface area contributed by atoms with Crippen LogP contribution in [0.2, 0.25) is 0 Å². The third-order valence-electron chi connectivity index (χ3n) is 3.23. The molecule has 21 heavy (non-hydrogen) atoms. The minimum absolute atomic E-state index is 0.0256. The average molecular weight is 287 g/mol. The Morgan fingerprint density at radius 2 is 1.90 bits per heavy atom. The van der Waals surface area contributed by atoms with Crippen molar-refractivity contribution in [2.75, 3.05) is 12.4 Å². The van der Waals surface area contributed by atoms with Crippen molar-refractivity contribution in [3.8, 4) is 5.75 Å². The van der Waals surface area contributed by atoms with Crippen LogP contribution in [0.15, 0.2) is 36.4 Å². The monoisotopic (exact) mass is 287 g/mol. The molecule has 0 aliphatic carbocycles. The zero-order valence-corrected chi connectivity index (χ0v) is 12.2. The summed E-state index contributed by atoms with van der Waals surface area (Å²) >= 11 is 0. The van der Waals surface area contributed by atoms with Crippen LogP contribution in [0.3, 0.4) is 0 Å². The maximum Gasteiger partial charge on any atom is 0.290 e. The van der Waals surface area contributed by atoms with E-state index in [2.05, 4.69) is 10.3 Å². The lowest BCUT2D eigenvalue weighted by Gasteiger charge is -2.15. The molecule has 1 N–H and O–H groups in total. The van der Waals surface area contributed by atoms with Crippen LogP contribution >= 0.6 is 0 Å². The summed E-state index contributed by atoms with van der Waals surface area (Å²) in [5.41, 5.74) is 1.50. The van der Waals surface area contributed by atoms with Gasteiger partial charge >= 0.3 is 0 Å². The predicted molar refractivity (Wildman–Crippen MR) is 80.7 cm³/mol. The van der Waals surface area contributed by atoms with Gasteiger partial charge in [0.15, 0.2) is 0 Å². The van der Waals surface area contributed by atoms with E-state index in [4.69, 9.17) is 4.74 Å². The maximum absolute atomic E-state index is 10.8. The van der Waals surface area contributed by atoms with Gasteiger partial charge < -0.3 is 10.1 Å². The molecular formula is C15H17N3O3. The molecule has 1 atom stereocenters. The standard InChI is InChI=1S/C15H17N3O3/c1-10(12-4-6-13(21-3)7-5-12)16-15-9-8-14(18(19)20)11(2)17-15/h4-10H,1-3H3,(H,16,17). The number of aromatic nitrogens is 1. The first-order valence-electron chi connectivity index (χ1n) is 6.54. The molecule has 2 aromatic rings. The van der Waals surface area contributed by atoms with E-state index in [1.165, 1.54) is 6.07 Å². The largest absolute Gasteiger partial charge is 0.497 e. The fourth-order valence-corrected chi connectivity index (χ4v) is 2.02. The summed E-state index contributed by atoms with van der Waals surface area (Å²) in [5, 5.41) is 14.0. The number of hydrogen-bond donors (Lipinski definition) is 1. The average Bonchev–Trinajstić information content (AvgIpc) is 2.47.